The second-order valence-corrected chi connectivity index (χ2v) is 8.59. The van der Waals surface area contributed by atoms with Crippen LogP contribution in [-0.4, -0.2) is 66.5 Å². The summed E-state index contributed by atoms with van der Waals surface area (Å²) >= 11 is 7.63. The number of hydrogen-bond donors (Lipinski definition) is 4. The zero-order valence-corrected chi connectivity index (χ0v) is 20.0. The van der Waals surface area contributed by atoms with Crippen LogP contribution in [0.4, 0.5) is 5.69 Å². The van der Waals surface area contributed by atoms with Crippen molar-refractivity contribution in [2.45, 2.75) is 16.2 Å². The number of carboxylic acid groups (broad SMARTS) is 2. The van der Waals surface area contributed by atoms with E-state index in [0.29, 0.717) is 30.3 Å². The third kappa shape index (κ3) is 7.49. The first-order valence-corrected chi connectivity index (χ1v) is 11.3. The maximum absolute atomic E-state index is 13.0. The minimum atomic E-state index is -1.26. The predicted octanol–water partition coefficient (Wildman–Crippen LogP) is 2.82. The molecule has 0 spiro atoms. The summed E-state index contributed by atoms with van der Waals surface area (Å²) in [5.74, 6) is -2.10. The van der Waals surface area contributed by atoms with E-state index in [0.717, 1.165) is 21.9 Å². The van der Waals surface area contributed by atoms with E-state index in [1.54, 1.807) is 18.1 Å². The summed E-state index contributed by atoms with van der Waals surface area (Å²) in [4.78, 5) is 34.6. The second kappa shape index (κ2) is 13.0. The Bertz CT molecular complexity index is 1030. The van der Waals surface area contributed by atoms with E-state index in [9.17, 15) is 19.5 Å². The molecule has 1 amide bonds. The number of amides is 1. The second-order valence-electron chi connectivity index (χ2n) is 6.97. The predicted molar refractivity (Wildman–Crippen MR) is 130 cm³/mol. The number of carboxylic acids is 2. The van der Waals surface area contributed by atoms with Crippen LogP contribution in [0, 0.1) is 0 Å². The Morgan fingerprint density at radius 3 is 2.29 bits per heavy atom. The molecule has 34 heavy (non-hydrogen) atoms. The minimum Gasteiger partial charge on any atom is -0.497 e. The number of anilines is 1. The highest BCUT2D eigenvalue weighted by atomic mass is 35.5. The molecule has 0 bridgehead atoms. The van der Waals surface area contributed by atoms with Crippen molar-refractivity contribution < 1.29 is 34.4 Å². The number of carbonyl (C=O) groups excluding carboxylic acids is 1. The maximum atomic E-state index is 13.0. The molecule has 0 aromatic heterocycles. The molecule has 9 nitrogen and oxygen atoms in total. The van der Waals surface area contributed by atoms with E-state index < -0.39 is 23.3 Å². The van der Waals surface area contributed by atoms with E-state index in [2.05, 4.69) is 5.32 Å². The van der Waals surface area contributed by atoms with Crippen LogP contribution in [0.1, 0.15) is 10.8 Å². The normalized spacial score (nSPS) is 17.4. The Kier molecular flexibility index (Phi) is 10.4. The van der Waals surface area contributed by atoms with Crippen LogP contribution in [-0.2, 0) is 14.4 Å². The first-order chi connectivity index (χ1) is 16.2. The van der Waals surface area contributed by atoms with E-state index in [4.69, 9.17) is 26.6 Å². The molecule has 1 aliphatic rings. The molecule has 2 aromatic rings. The molecule has 0 radical (unpaired) electrons. The minimum absolute atomic E-state index is 0.311. The van der Waals surface area contributed by atoms with Crippen molar-refractivity contribution in [3.8, 4) is 5.75 Å². The highest BCUT2D eigenvalue weighted by molar-refractivity contribution is 7.99. The Hall–Kier alpha value is -3.05. The number of fused-ring (bicyclic) bond motifs is 1. The fraction of sp³-hybridized carbons (Fsp3) is 0.261. The molecule has 2 unspecified atom stereocenters. The van der Waals surface area contributed by atoms with Crippen LogP contribution >= 0.6 is 23.4 Å². The monoisotopic (exact) mass is 508 g/mol. The number of nitrogens with zero attached hydrogens (tertiary/aromatic N) is 1. The molecular weight excluding hydrogens is 484 g/mol. The van der Waals surface area contributed by atoms with Crippen molar-refractivity contribution in [2.75, 3.05) is 32.1 Å². The largest absolute Gasteiger partial charge is 0.497 e. The molecular formula is C23H25ClN2O7S. The zero-order chi connectivity index (χ0) is 25.3. The lowest BCUT2D eigenvalue weighted by atomic mass is 10.1. The van der Waals surface area contributed by atoms with Crippen LogP contribution in [0.25, 0.3) is 0 Å². The van der Waals surface area contributed by atoms with Gasteiger partial charge in [0.2, 0.25) is 0 Å². The molecule has 0 fully saturated rings. The number of nitrogens with one attached hydrogen (secondary N) is 1. The third-order valence-electron chi connectivity index (χ3n) is 4.67. The standard InChI is InChI=1S/C19H21ClN2O3S.C4H4O4/c1-21-9-10-22-15-8-5-13(20)11-16(15)26-18(17(23)19(22)24)12-3-6-14(25-2)7-4-12;5-3(6)1-2-4(7)8/h3-8,11,17-18,21,23H,9-10H2,1-2H3;1-2H,(H,5,6)(H,7,8). The van der Waals surface area contributed by atoms with Gasteiger partial charge < -0.3 is 30.3 Å². The van der Waals surface area contributed by atoms with Crippen LogP contribution < -0.4 is 15.0 Å². The van der Waals surface area contributed by atoms with Gasteiger partial charge in [-0.2, -0.15) is 0 Å². The topological polar surface area (TPSA) is 136 Å². The van der Waals surface area contributed by atoms with Gasteiger partial charge >= 0.3 is 11.9 Å². The van der Waals surface area contributed by atoms with E-state index in [-0.39, 0.29) is 5.91 Å². The molecule has 0 aliphatic carbocycles. The van der Waals surface area contributed by atoms with Crippen molar-refractivity contribution in [1.29, 1.82) is 0 Å². The van der Waals surface area contributed by atoms with Crippen molar-refractivity contribution in [3.63, 3.8) is 0 Å². The number of benzene rings is 2. The summed E-state index contributed by atoms with van der Waals surface area (Å²) in [7, 11) is 3.43. The van der Waals surface area contributed by atoms with Gasteiger partial charge in [-0.3, -0.25) is 4.79 Å². The summed E-state index contributed by atoms with van der Waals surface area (Å²) in [5, 5.41) is 29.7. The van der Waals surface area contributed by atoms with Gasteiger partial charge in [-0.05, 0) is 42.9 Å². The summed E-state index contributed by atoms with van der Waals surface area (Å²) < 4.78 is 5.19. The van der Waals surface area contributed by atoms with Crippen molar-refractivity contribution in [2.24, 2.45) is 0 Å². The number of carbonyl (C=O) groups is 3. The quantitative estimate of drug-likeness (QED) is 0.416. The summed E-state index contributed by atoms with van der Waals surface area (Å²) in [6.45, 7) is 1.09. The number of ether oxygens (including phenoxy) is 1. The first-order valence-electron chi connectivity index (χ1n) is 10.1. The maximum Gasteiger partial charge on any atom is 0.328 e. The number of hydrogen-bond acceptors (Lipinski definition) is 7. The molecule has 182 valence electrons. The lowest BCUT2D eigenvalue weighted by molar-refractivity contribution is -0.134. The Morgan fingerprint density at radius 2 is 1.76 bits per heavy atom. The lowest BCUT2D eigenvalue weighted by Crippen LogP contribution is -2.43. The molecule has 0 saturated carbocycles. The van der Waals surface area contributed by atoms with Gasteiger partial charge in [0.25, 0.3) is 5.91 Å². The van der Waals surface area contributed by atoms with Crippen LogP contribution in [0.2, 0.25) is 5.02 Å². The highest BCUT2D eigenvalue weighted by Gasteiger charge is 2.37. The summed E-state index contributed by atoms with van der Waals surface area (Å²) in [5.41, 5.74) is 1.63. The fourth-order valence-electron chi connectivity index (χ4n) is 3.06. The average Bonchev–Trinajstić information content (AvgIpc) is 2.91. The SMILES string of the molecule is CNCCN1C(=O)C(O)C(c2ccc(OC)cc2)Sc2cc(Cl)ccc21.O=C(O)C=CC(=O)O. The Balaban J connectivity index is 0.000000440. The van der Waals surface area contributed by atoms with Gasteiger partial charge in [0.1, 0.15) is 11.9 Å². The number of likely N-dealkylation sites (N-methyl/N-ethyl adjacent to an activating group) is 1. The summed E-state index contributed by atoms with van der Waals surface area (Å²) in [6.07, 6.45) is -0.0403. The molecule has 2 aromatic carbocycles. The average molecular weight is 509 g/mol. The van der Waals surface area contributed by atoms with E-state index in [1.807, 2.05) is 43.4 Å². The van der Waals surface area contributed by atoms with Crippen molar-refractivity contribution >= 4 is 46.9 Å². The van der Waals surface area contributed by atoms with Gasteiger partial charge in [0, 0.05) is 35.2 Å². The van der Waals surface area contributed by atoms with Gasteiger partial charge in [0.15, 0.2) is 0 Å². The zero-order valence-electron chi connectivity index (χ0n) is 18.5. The molecule has 2 atom stereocenters. The molecule has 3 rings (SSSR count). The van der Waals surface area contributed by atoms with Crippen LogP contribution in [0.3, 0.4) is 0 Å². The number of methoxy groups -OCH3 is 1. The molecule has 4 N–H and O–H groups in total. The van der Waals surface area contributed by atoms with E-state index in [1.165, 1.54) is 11.8 Å². The molecule has 1 heterocycles. The Labute approximate surface area is 206 Å². The third-order valence-corrected chi connectivity index (χ3v) is 6.27. The molecule has 0 saturated heterocycles. The highest BCUT2D eigenvalue weighted by Crippen LogP contribution is 2.46. The van der Waals surface area contributed by atoms with Crippen LogP contribution in [0.5, 0.6) is 5.75 Å². The van der Waals surface area contributed by atoms with Crippen molar-refractivity contribution in [1.82, 2.24) is 5.32 Å². The van der Waals surface area contributed by atoms with E-state index >= 15 is 0 Å². The smallest absolute Gasteiger partial charge is 0.328 e. The van der Waals surface area contributed by atoms with Gasteiger partial charge in [-0.1, -0.05) is 23.7 Å². The van der Waals surface area contributed by atoms with Crippen LogP contribution in [0.15, 0.2) is 59.5 Å². The number of aliphatic hydroxyl groups excluding tert-OH is 1. The first kappa shape index (κ1) is 27.2. The number of rotatable bonds is 7. The van der Waals surface area contributed by atoms with Gasteiger partial charge in [0.05, 0.1) is 18.0 Å². The van der Waals surface area contributed by atoms with Crippen molar-refractivity contribution in [3.05, 3.63) is 65.2 Å². The number of aliphatic hydroxyl groups is 1. The summed E-state index contributed by atoms with van der Waals surface area (Å²) in [6, 6.07) is 12.9. The van der Waals surface area contributed by atoms with Gasteiger partial charge in [-0.25, -0.2) is 9.59 Å². The number of halogens is 1. The lowest BCUT2D eigenvalue weighted by Gasteiger charge is -2.25. The fourth-order valence-corrected chi connectivity index (χ4v) is 4.60. The molecule has 1 aliphatic heterocycles. The molecule has 11 heteroatoms. The number of aliphatic carboxylic acids is 2. The number of thioether (sulfide) groups is 1. The Morgan fingerprint density at radius 1 is 1.15 bits per heavy atom. The van der Waals surface area contributed by atoms with Gasteiger partial charge in [-0.15, -0.1) is 11.8 Å².